The van der Waals surface area contributed by atoms with Crippen molar-refractivity contribution >= 4 is 23.2 Å². The summed E-state index contributed by atoms with van der Waals surface area (Å²) in [7, 11) is 0. The van der Waals surface area contributed by atoms with E-state index in [1.165, 1.54) is 12.1 Å². The molecule has 2 rings (SSSR count). The van der Waals surface area contributed by atoms with Gasteiger partial charge in [0.2, 0.25) is 0 Å². The van der Waals surface area contributed by atoms with E-state index in [4.69, 9.17) is 23.2 Å². The van der Waals surface area contributed by atoms with Crippen LogP contribution < -0.4 is 5.32 Å². The van der Waals surface area contributed by atoms with Crippen molar-refractivity contribution in [3.63, 3.8) is 0 Å². The first-order chi connectivity index (χ1) is 9.47. The van der Waals surface area contributed by atoms with E-state index < -0.39 is 0 Å². The maximum atomic E-state index is 13.1. The van der Waals surface area contributed by atoms with E-state index in [1.54, 1.807) is 12.1 Å². The van der Waals surface area contributed by atoms with Gasteiger partial charge in [0.05, 0.1) is 0 Å². The Balaban J connectivity index is 2.06. The molecule has 0 heterocycles. The summed E-state index contributed by atoms with van der Waals surface area (Å²) in [5, 5.41) is 4.66. The van der Waals surface area contributed by atoms with Gasteiger partial charge in [-0.25, -0.2) is 4.39 Å². The van der Waals surface area contributed by atoms with E-state index in [1.807, 2.05) is 26.0 Å². The van der Waals surface area contributed by atoms with Crippen molar-refractivity contribution in [2.45, 2.75) is 26.4 Å². The molecule has 0 spiro atoms. The molecule has 0 aliphatic heterocycles. The molecule has 0 aromatic heterocycles. The lowest BCUT2D eigenvalue weighted by molar-refractivity contribution is 0.571. The van der Waals surface area contributed by atoms with Gasteiger partial charge in [0.15, 0.2) is 0 Å². The molecule has 0 aliphatic rings. The van der Waals surface area contributed by atoms with Crippen LogP contribution in [-0.2, 0) is 6.54 Å². The van der Waals surface area contributed by atoms with Crippen LogP contribution in [0.3, 0.4) is 0 Å². The van der Waals surface area contributed by atoms with E-state index in [0.29, 0.717) is 16.6 Å². The molecule has 1 unspecified atom stereocenters. The Hall–Kier alpha value is -1.09. The SMILES string of the molecule is Cc1cc(F)ccc1CNC(C)c1ccc(Cl)cc1Cl. The lowest BCUT2D eigenvalue weighted by Gasteiger charge is -2.17. The highest BCUT2D eigenvalue weighted by atomic mass is 35.5. The zero-order valence-corrected chi connectivity index (χ0v) is 12.9. The smallest absolute Gasteiger partial charge is 0.123 e. The Morgan fingerprint density at radius 3 is 2.55 bits per heavy atom. The van der Waals surface area contributed by atoms with Gasteiger partial charge in [0.25, 0.3) is 0 Å². The van der Waals surface area contributed by atoms with Gasteiger partial charge < -0.3 is 5.32 Å². The monoisotopic (exact) mass is 311 g/mol. The molecule has 0 amide bonds. The number of benzene rings is 2. The van der Waals surface area contributed by atoms with Gasteiger partial charge in [-0.15, -0.1) is 0 Å². The molecular formula is C16H16Cl2FN. The van der Waals surface area contributed by atoms with Crippen LogP contribution in [0.25, 0.3) is 0 Å². The zero-order chi connectivity index (χ0) is 14.7. The van der Waals surface area contributed by atoms with E-state index in [9.17, 15) is 4.39 Å². The molecule has 20 heavy (non-hydrogen) atoms. The normalized spacial score (nSPS) is 12.4. The van der Waals surface area contributed by atoms with Gasteiger partial charge in [-0.2, -0.15) is 0 Å². The quantitative estimate of drug-likeness (QED) is 0.808. The summed E-state index contributed by atoms with van der Waals surface area (Å²) in [6.45, 7) is 4.60. The number of rotatable bonds is 4. The largest absolute Gasteiger partial charge is 0.306 e. The Kier molecular flexibility index (Phi) is 5.03. The Morgan fingerprint density at radius 1 is 1.15 bits per heavy atom. The van der Waals surface area contributed by atoms with Crippen LogP contribution in [-0.4, -0.2) is 0 Å². The molecule has 2 aromatic carbocycles. The van der Waals surface area contributed by atoms with Crippen LogP contribution >= 0.6 is 23.2 Å². The van der Waals surface area contributed by atoms with Crippen LogP contribution in [0.4, 0.5) is 4.39 Å². The molecule has 4 heteroatoms. The minimum Gasteiger partial charge on any atom is -0.306 e. The van der Waals surface area contributed by atoms with Crippen molar-refractivity contribution in [2.24, 2.45) is 0 Å². The van der Waals surface area contributed by atoms with E-state index in [0.717, 1.165) is 16.7 Å². The fourth-order valence-electron chi connectivity index (χ4n) is 2.08. The van der Waals surface area contributed by atoms with Gasteiger partial charge in [0, 0.05) is 22.6 Å². The highest BCUT2D eigenvalue weighted by molar-refractivity contribution is 6.35. The van der Waals surface area contributed by atoms with Gasteiger partial charge in [-0.05, 0) is 54.8 Å². The minimum atomic E-state index is -0.208. The number of aryl methyl sites for hydroxylation is 1. The summed E-state index contributed by atoms with van der Waals surface area (Å²) in [5.74, 6) is -0.208. The van der Waals surface area contributed by atoms with Gasteiger partial charge in [-0.1, -0.05) is 35.3 Å². The van der Waals surface area contributed by atoms with Crippen LogP contribution in [0.15, 0.2) is 36.4 Å². The maximum Gasteiger partial charge on any atom is 0.123 e. The highest BCUT2D eigenvalue weighted by Gasteiger charge is 2.10. The fraction of sp³-hybridized carbons (Fsp3) is 0.250. The summed E-state index contributed by atoms with van der Waals surface area (Å²) >= 11 is 12.1. The van der Waals surface area contributed by atoms with Crippen molar-refractivity contribution in [1.29, 1.82) is 0 Å². The second-order valence-electron chi connectivity index (χ2n) is 4.84. The van der Waals surface area contributed by atoms with Gasteiger partial charge in [0.1, 0.15) is 5.82 Å². The predicted octanol–water partition coefficient (Wildman–Crippen LogP) is 5.29. The second kappa shape index (κ2) is 6.57. The topological polar surface area (TPSA) is 12.0 Å². The first kappa shape index (κ1) is 15.3. The van der Waals surface area contributed by atoms with Crippen LogP contribution in [0.2, 0.25) is 10.0 Å². The number of halogens is 3. The third-order valence-electron chi connectivity index (χ3n) is 3.33. The van der Waals surface area contributed by atoms with Gasteiger partial charge >= 0.3 is 0 Å². The third-order valence-corrected chi connectivity index (χ3v) is 3.89. The molecule has 0 aliphatic carbocycles. The van der Waals surface area contributed by atoms with E-state index in [-0.39, 0.29) is 11.9 Å². The van der Waals surface area contributed by atoms with E-state index >= 15 is 0 Å². The van der Waals surface area contributed by atoms with E-state index in [2.05, 4.69) is 5.32 Å². The average molecular weight is 312 g/mol. The van der Waals surface area contributed by atoms with Gasteiger partial charge in [-0.3, -0.25) is 0 Å². The van der Waals surface area contributed by atoms with Crippen LogP contribution in [0.1, 0.15) is 29.7 Å². The van der Waals surface area contributed by atoms with Crippen LogP contribution in [0, 0.1) is 12.7 Å². The molecule has 1 nitrogen and oxygen atoms in total. The second-order valence-corrected chi connectivity index (χ2v) is 5.68. The standard InChI is InChI=1S/C16H16Cl2FN/c1-10-7-14(19)5-3-12(10)9-20-11(2)15-6-4-13(17)8-16(15)18/h3-8,11,20H,9H2,1-2H3. The number of hydrogen-bond donors (Lipinski definition) is 1. The molecule has 106 valence electrons. The highest BCUT2D eigenvalue weighted by Crippen LogP contribution is 2.26. The Bertz CT molecular complexity index is 613. The van der Waals surface area contributed by atoms with Crippen molar-refractivity contribution in [1.82, 2.24) is 5.32 Å². The van der Waals surface area contributed by atoms with Crippen molar-refractivity contribution in [2.75, 3.05) is 0 Å². The first-order valence-corrected chi connectivity index (χ1v) is 7.16. The Morgan fingerprint density at radius 2 is 1.90 bits per heavy atom. The molecular weight excluding hydrogens is 296 g/mol. The summed E-state index contributed by atoms with van der Waals surface area (Å²) in [6, 6.07) is 10.4. The maximum absolute atomic E-state index is 13.1. The molecule has 0 fully saturated rings. The molecule has 1 atom stereocenters. The van der Waals surface area contributed by atoms with Crippen LogP contribution in [0.5, 0.6) is 0 Å². The molecule has 1 N–H and O–H groups in total. The molecule has 0 radical (unpaired) electrons. The zero-order valence-electron chi connectivity index (χ0n) is 11.4. The lowest BCUT2D eigenvalue weighted by atomic mass is 10.1. The summed E-state index contributed by atoms with van der Waals surface area (Å²) in [5.41, 5.74) is 3.01. The minimum absolute atomic E-state index is 0.0872. The van der Waals surface area contributed by atoms with Crippen molar-refractivity contribution < 1.29 is 4.39 Å². The lowest BCUT2D eigenvalue weighted by Crippen LogP contribution is -2.19. The van der Waals surface area contributed by atoms with Crippen molar-refractivity contribution in [3.8, 4) is 0 Å². The summed E-state index contributed by atoms with van der Waals surface area (Å²) in [6.07, 6.45) is 0. The number of hydrogen-bond acceptors (Lipinski definition) is 1. The number of nitrogens with one attached hydrogen (secondary N) is 1. The molecule has 0 saturated carbocycles. The first-order valence-electron chi connectivity index (χ1n) is 6.40. The molecule has 0 bridgehead atoms. The molecule has 2 aromatic rings. The Labute approximate surface area is 128 Å². The third kappa shape index (κ3) is 3.72. The summed E-state index contributed by atoms with van der Waals surface area (Å²) in [4.78, 5) is 0. The fourth-order valence-corrected chi connectivity index (χ4v) is 2.66. The molecule has 0 saturated heterocycles. The predicted molar refractivity (Wildman–Crippen MR) is 82.9 cm³/mol. The summed E-state index contributed by atoms with van der Waals surface area (Å²) < 4.78 is 13.1. The van der Waals surface area contributed by atoms with Crippen molar-refractivity contribution in [3.05, 3.63) is 69.0 Å². The average Bonchev–Trinajstić information content (AvgIpc) is 2.37.